The van der Waals surface area contributed by atoms with Gasteiger partial charge in [-0.25, -0.2) is 9.78 Å². The summed E-state index contributed by atoms with van der Waals surface area (Å²) in [6.45, 7) is 0.346. The van der Waals surface area contributed by atoms with E-state index in [2.05, 4.69) is 10.3 Å². The first-order valence-corrected chi connectivity index (χ1v) is 7.91. The summed E-state index contributed by atoms with van der Waals surface area (Å²) in [4.78, 5) is 40.8. The molecule has 0 radical (unpaired) electrons. The van der Waals surface area contributed by atoms with E-state index in [4.69, 9.17) is 4.74 Å². The van der Waals surface area contributed by atoms with Crippen molar-refractivity contribution in [3.63, 3.8) is 0 Å². The van der Waals surface area contributed by atoms with Crippen molar-refractivity contribution in [2.24, 2.45) is 14.1 Å². The van der Waals surface area contributed by atoms with Gasteiger partial charge >= 0.3 is 5.69 Å². The quantitative estimate of drug-likeness (QED) is 0.704. The van der Waals surface area contributed by atoms with E-state index in [1.54, 1.807) is 13.2 Å². The van der Waals surface area contributed by atoms with E-state index in [1.165, 1.54) is 29.6 Å². The lowest BCUT2D eigenvalue weighted by Crippen LogP contribution is -2.37. The van der Waals surface area contributed by atoms with Crippen LogP contribution in [0.5, 0.6) is 0 Å². The van der Waals surface area contributed by atoms with Crippen molar-refractivity contribution in [2.45, 2.75) is 13.2 Å². The van der Waals surface area contributed by atoms with Crippen molar-refractivity contribution in [1.82, 2.24) is 18.7 Å². The average molecular weight is 357 g/mol. The Morgan fingerprint density at radius 2 is 2.00 bits per heavy atom. The minimum atomic E-state index is -0.490. The van der Waals surface area contributed by atoms with Gasteiger partial charge in [0.25, 0.3) is 5.56 Å². The molecule has 136 valence electrons. The molecule has 2 aromatic heterocycles. The fourth-order valence-electron chi connectivity index (χ4n) is 2.78. The first kappa shape index (κ1) is 17.6. The molecule has 9 heteroatoms. The number of hydrogen-bond acceptors (Lipinski definition) is 5. The number of amides is 1. The van der Waals surface area contributed by atoms with E-state index in [9.17, 15) is 14.4 Å². The molecule has 9 nitrogen and oxygen atoms in total. The van der Waals surface area contributed by atoms with E-state index in [1.807, 2.05) is 18.2 Å². The number of rotatable bonds is 5. The summed E-state index contributed by atoms with van der Waals surface area (Å²) in [5.41, 5.74) is 1.06. The molecule has 2 heterocycles. The maximum absolute atomic E-state index is 12.4. The molecular formula is C17H19N5O4. The lowest BCUT2D eigenvalue weighted by atomic mass is 10.2. The molecule has 3 aromatic rings. The molecule has 1 amide bonds. The number of nitrogens with zero attached hydrogens (tertiary/aromatic N) is 4. The first-order chi connectivity index (χ1) is 12.4. The Hall–Kier alpha value is -3.20. The lowest BCUT2D eigenvalue weighted by Gasteiger charge is -2.09. The van der Waals surface area contributed by atoms with Crippen LogP contribution in [0.15, 0.2) is 40.2 Å². The van der Waals surface area contributed by atoms with Crippen LogP contribution in [0.1, 0.15) is 5.56 Å². The predicted molar refractivity (Wildman–Crippen MR) is 96.0 cm³/mol. The number of anilines is 1. The van der Waals surface area contributed by atoms with Crippen LogP contribution >= 0.6 is 0 Å². The molecule has 1 aromatic carbocycles. The van der Waals surface area contributed by atoms with Gasteiger partial charge in [0.2, 0.25) is 5.91 Å². The molecule has 0 saturated carbocycles. The van der Waals surface area contributed by atoms with Crippen molar-refractivity contribution in [3.8, 4) is 0 Å². The summed E-state index contributed by atoms with van der Waals surface area (Å²) in [7, 11) is 4.52. The second-order valence-electron chi connectivity index (χ2n) is 5.93. The monoisotopic (exact) mass is 357 g/mol. The highest BCUT2D eigenvalue weighted by Gasteiger charge is 2.16. The van der Waals surface area contributed by atoms with Crippen LogP contribution in [0.3, 0.4) is 0 Å². The first-order valence-electron chi connectivity index (χ1n) is 7.91. The van der Waals surface area contributed by atoms with Crippen molar-refractivity contribution < 1.29 is 9.53 Å². The Kier molecular flexibility index (Phi) is 4.72. The number of carbonyl (C=O) groups is 1. The van der Waals surface area contributed by atoms with Gasteiger partial charge in [0.05, 0.1) is 12.9 Å². The lowest BCUT2D eigenvalue weighted by molar-refractivity contribution is -0.116. The van der Waals surface area contributed by atoms with Crippen molar-refractivity contribution in [2.75, 3.05) is 12.4 Å². The molecular weight excluding hydrogens is 338 g/mol. The molecule has 0 atom stereocenters. The molecule has 0 spiro atoms. The van der Waals surface area contributed by atoms with E-state index < -0.39 is 11.2 Å². The smallest absolute Gasteiger partial charge is 0.332 e. The normalized spacial score (nSPS) is 11.0. The maximum Gasteiger partial charge on any atom is 0.332 e. The van der Waals surface area contributed by atoms with Gasteiger partial charge in [-0.15, -0.1) is 0 Å². The minimum absolute atomic E-state index is 0.0988. The Morgan fingerprint density at radius 1 is 1.23 bits per heavy atom. The van der Waals surface area contributed by atoms with Crippen LogP contribution in [-0.2, 0) is 36.8 Å². The molecule has 26 heavy (non-hydrogen) atoms. The largest absolute Gasteiger partial charge is 0.380 e. The molecule has 3 rings (SSSR count). The molecule has 0 fully saturated rings. The Labute approximate surface area is 148 Å². The van der Waals surface area contributed by atoms with E-state index in [0.29, 0.717) is 12.3 Å². The molecule has 0 unspecified atom stereocenters. The fourth-order valence-corrected chi connectivity index (χ4v) is 2.78. The Morgan fingerprint density at radius 3 is 2.73 bits per heavy atom. The number of aromatic nitrogens is 4. The number of hydrogen-bond donors (Lipinski definition) is 1. The molecule has 0 aliphatic rings. The third-order valence-corrected chi connectivity index (χ3v) is 4.05. The Bertz CT molecular complexity index is 1090. The Balaban J connectivity index is 1.88. The third-order valence-electron chi connectivity index (χ3n) is 4.05. The van der Waals surface area contributed by atoms with Crippen molar-refractivity contribution >= 4 is 22.8 Å². The summed E-state index contributed by atoms with van der Waals surface area (Å²) >= 11 is 0. The number of ether oxygens (including phenoxy) is 1. The topological polar surface area (TPSA) is 100 Å². The van der Waals surface area contributed by atoms with Gasteiger partial charge < -0.3 is 14.6 Å². The highest BCUT2D eigenvalue weighted by atomic mass is 16.5. The number of imidazole rings is 1. The minimum Gasteiger partial charge on any atom is -0.380 e. The average Bonchev–Trinajstić information content (AvgIpc) is 3.02. The second-order valence-corrected chi connectivity index (χ2v) is 5.93. The highest BCUT2D eigenvalue weighted by Crippen LogP contribution is 2.12. The number of methoxy groups -OCH3 is 1. The fraction of sp³-hybridized carbons (Fsp3) is 0.294. The molecule has 0 bridgehead atoms. The van der Waals surface area contributed by atoms with Crippen LogP contribution < -0.4 is 16.6 Å². The maximum atomic E-state index is 12.4. The number of aryl methyl sites for hydroxylation is 1. The van der Waals surface area contributed by atoms with Crippen molar-refractivity contribution in [1.29, 1.82) is 0 Å². The second kappa shape index (κ2) is 6.96. The van der Waals surface area contributed by atoms with Crippen LogP contribution in [0.2, 0.25) is 0 Å². The third kappa shape index (κ3) is 3.16. The SMILES string of the molecule is COCc1cccc(NC(=O)Cn2cnc3c2c(=O)n(C)c(=O)n3C)c1. The predicted octanol–water partition coefficient (Wildman–Crippen LogP) is 0.219. The molecule has 0 aliphatic heterocycles. The van der Waals surface area contributed by atoms with Crippen LogP contribution in [-0.4, -0.2) is 31.7 Å². The van der Waals surface area contributed by atoms with Gasteiger partial charge in [-0.1, -0.05) is 12.1 Å². The number of nitrogens with one attached hydrogen (secondary N) is 1. The summed E-state index contributed by atoms with van der Waals surface area (Å²) in [6.07, 6.45) is 1.38. The zero-order valence-corrected chi connectivity index (χ0v) is 14.7. The van der Waals surface area contributed by atoms with E-state index in [0.717, 1.165) is 10.1 Å². The summed E-state index contributed by atoms with van der Waals surface area (Å²) in [5.74, 6) is -0.310. The van der Waals surface area contributed by atoms with Crippen LogP contribution in [0.25, 0.3) is 11.2 Å². The van der Waals surface area contributed by atoms with Crippen LogP contribution in [0.4, 0.5) is 5.69 Å². The number of carbonyl (C=O) groups excluding carboxylic acids is 1. The highest BCUT2D eigenvalue weighted by molar-refractivity contribution is 5.91. The van der Waals surface area contributed by atoms with Gasteiger partial charge in [-0.3, -0.25) is 18.7 Å². The van der Waals surface area contributed by atoms with Gasteiger partial charge in [0, 0.05) is 26.9 Å². The van der Waals surface area contributed by atoms with Gasteiger partial charge in [-0.2, -0.15) is 0 Å². The van der Waals surface area contributed by atoms with E-state index in [-0.39, 0.29) is 23.6 Å². The summed E-state index contributed by atoms with van der Waals surface area (Å²) in [6, 6.07) is 7.30. The molecule has 1 N–H and O–H groups in total. The number of benzene rings is 1. The molecule has 0 saturated heterocycles. The zero-order valence-electron chi connectivity index (χ0n) is 14.7. The van der Waals surface area contributed by atoms with Crippen molar-refractivity contribution in [3.05, 3.63) is 57.0 Å². The summed E-state index contributed by atoms with van der Waals surface area (Å²) in [5, 5.41) is 2.78. The summed E-state index contributed by atoms with van der Waals surface area (Å²) < 4.78 is 8.78. The molecule has 0 aliphatic carbocycles. The van der Waals surface area contributed by atoms with Gasteiger partial charge in [-0.05, 0) is 17.7 Å². The van der Waals surface area contributed by atoms with Gasteiger partial charge in [0.1, 0.15) is 6.54 Å². The standard InChI is InChI=1S/C17H19N5O4/c1-20-15-14(16(24)21(2)17(20)25)22(10-18-15)8-13(23)19-12-6-4-5-11(7-12)9-26-3/h4-7,10H,8-9H2,1-3H3,(H,19,23). The van der Waals surface area contributed by atoms with Gasteiger partial charge in [0.15, 0.2) is 11.2 Å². The zero-order chi connectivity index (χ0) is 18.8. The van der Waals surface area contributed by atoms with E-state index >= 15 is 0 Å². The van der Waals surface area contributed by atoms with Crippen LogP contribution in [0, 0.1) is 0 Å². The number of fused-ring (bicyclic) bond motifs is 1.